The van der Waals surface area contributed by atoms with E-state index >= 15 is 0 Å². The van der Waals surface area contributed by atoms with Crippen LogP contribution in [0.5, 0.6) is 0 Å². The fourth-order valence-electron chi connectivity index (χ4n) is 3.66. The highest BCUT2D eigenvalue weighted by atomic mass is 16.5. The molecular weight excluding hydrogens is 262 g/mol. The summed E-state index contributed by atoms with van der Waals surface area (Å²) in [6, 6.07) is 1.20. The van der Waals surface area contributed by atoms with Gasteiger partial charge in [-0.05, 0) is 53.0 Å². The zero-order chi connectivity index (χ0) is 15.9. The lowest BCUT2D eigenvalue weighted by atomic mass is 9.86. The summed E-state index contributed by atoms with van der Waals surface area (Å²) in [6.07, 6.45) is 4.80. The third-order valence-corrected chi connectivity index (χ3v) is 5.33. The van der Waals surface area contributed by atoms with Crippen molar-refractivity contribution in [1.82, 2.24) is 9.80 Å². The van der Waals surface area contributed by atoms with Gasteiger partial charge in [0.05, 0.1) is 6.61 Å². The summed E-state index contributed by atoms with van der Waals surface area (Å²) in [7, 11) is 1.79. The topological polar surface area (TPSA) is 41.7 Å². The normalized spacial score (nSPS) is 26.3. The van der Waals surface area contributed by atoms with E-state index in [9.17, 15) is 0 Å². The van der Waals surface area contributed by atoms with Gasteiger partial charge in [-0.1, -0.05) is 6.92 Å². The molecule has 2 atom stereocenters. The average Bonchev–Trinajstić information content (AvgIpc) is 2.71. The van der Waals surface area contributed by atoms with Gasteiger partial charge in [0.25, 0.3) is 0 Å². The van der Waals surface area contributed by atoms with E-state index < -0.39 is 0 Å². The Kier molecular flexibility index (Phi) is 8.17. The van der Waals surface area contributed by atoms with E-state index in [4.69, 9.17) is 10.5 Å². The van der Waals surface area contributed by atoms with Crippen molar-refractivity contribution in [1.29, 1.82) is 0 Å². The average molecular weight is 300 g/mol. The first-order chi connectivity index (χ1) is 10.0. The van der Waals surface area contributed by atoms with Crippen LogP contribution in [0.2, 0.25) is 0 Å². The lowest BCUT2D eigenvalue weighted by molar-refractivity contribution is 0.0169. The largest absolute Gasteiger partial charge is 0.383 e. The van der Waals surface area contributed by atoms with Crippen molar-refractivity contribution in [3.8, 4) is 0 Å². The van der Waals surface area contributed by atoms with Crippen LogP contribution in [0, 0.1) is 0 Å². The molecule has 0 aliphatic carbocycles. The molecular formula is C17H37N3O. The third-order valence-electron chi connectivity index (χ3n) is 5.33. The van der Waals surface area contributed by atoms with Crippen LogP contribution >= 0.6 is 0 Å². The van der Waals surface area contributed by atoms with Crippen LogP contribution in [0.1, 0.15) is 53.4 Å². The van der Waals surface area contributed by atoms with E-state index in [0.717, 1.165) is 26.2 Å². The summed E-state index contributed by atoms with van der Waals surface area (Å²) in [5.74, 6) is 0. The Balaban J connectivity index is 2.87. The van der Waals surface area contributed by atoms with Gasteiger partial charge < -0.3 is 15.4 Å². The molecule has 4 heteroatoms. The van der Waals surface area contributed by atoms with Crippen molar-refractivity contribution in [2.24, 2.45) is 5.73 Å². The molecule has 0 bridgehead atoms. The lowest BCUT2D eigenvalue weighted by Crippen LogP contribution is -2.58. The van der Waals surface area contributed by atoms with E-state index in [1.807, 2.05) is 0 Å². The van der Waals surface area contributed by atoms with E-state index in [2.05, 4.69) is 37.5 Å². The van der Waals surface area contributed by atoms with Crippen LogP contribution in [-0.2, 0) is 4.74 Å². The highest BCUT2D eigenvalue weighted by molar-refractivity contribution is 4.96. The van der Waals surface area contributed by atoms with Crippen LogP contribution in [0.25, 0.3) is 0 Å². The van der Waals surface area contributed by atoms with Crippen molar-refractivity contribution in [3.05, 3.63) is 0 Å². The maximum atomic E-state index is 6.29. The van der Waals surface area contributed by atoms with Crippen LogP contribution in [-0.4, -0.2) is 67.3 Å². The zero-order valence-electron chi connectivity index (χ0n) is 14.9. The predicted molar refractivity (Wildman–Crippen MR) is 90.7 cm³/mol. The van der Waals surface area contributed by atoms with Gasteiger partial charge in [-0.25, -0.2) is 0 Å². The van der Waals surface area contributed by atoms with Gasteiger partial charge in [0, 0.05) is 44.4 Å². The summed E-state index contributed by atoms with van der Waals surface area (Å²) in [6.45, 7) is 14.1. The second-order valence-corrected chi connectivity index (χ2v) is 6.86. The van der Waals surface area contributed by atoms with Gasteiger partial charge in [0.1, 0.15) is 0 Å². The van der Waals surface area contributed by atoms with Crippen LogP contribution < -0.4 is 5.73 Å². The molecule has 0 aromatic rings. The minimum Gasteiger partial charge on any atom is -0.383 e. The summed E-state index contributed by atoms with van der Waals surface area (Å²) in [5.41, 5.74) is 6.44. The number of methoxy groups -OCH3 is 1. The predicted octanol–water partition coefficient (Wildman–Crippen LogP) is 2.33. The molecule has 0 aromatic heterocycles. The Morgan fingerprint density at radius 3 is 2.48 bits per heavy atom. The van der Waals surface area contributed by atoms with Crippen molar-refractivity contribution < 1.29 is 4.74 Å². The molecule has 0 aromatic carbocycles. The van der Waals surface area contributed by atoms with Crippen molar-refractivity contribution in [2.75, 3.05) is 39.9 Å². The molecule has 1 saturated heterocycles. The molecule has 1 aliphatic heterocycles. The molecule has 1 fully saturated rings. The fourth-order valence-corrected chi connectivity index (χ4v) is 3.66. The standard InChI is InChI=1S/C17H37N3O/c1-6-16(4)20(12-13-21-5)17(14-18)8-7-10-19(11-9-17)15(2)3/h15-16H,6-14,18H2,1-5H3. The molecule has 0 saturated carbocycles. The van der Waals surface area contributed by atoms with Crippen LogP contribution in [0.4, 0.5) is 0 Å². The number of nitrogens with zero attached hydrogens (tertiary/aromatic N) is 2. The van der Waals surface area contributed by atoms with E-state index in [0.29, 0.717) is 12.1 Å². The SMILES string of the molecule is CCC(C)N(CCOC)C1(CN)CCCN(C(C)C)CC1. The van der Waals surface area contributed by atoms with Crippen molar-refractivity contribution >= 4 is 0 Å². The Morgan fingerprint density at radius 2 is 1.95 bits per heavy atom. The quantitative estimate of drug-likeness (QED) is 0.747. The van der Waals surface area contributed by atoms with Gasteiger partial charge in [-0.3, -0.25) is 4.90 Å². The molecule has 2 N–H and O–H groups in total. The molecule has 1 aliphatic rings. The first kappa shape index (κ1) is 18.9. The smallest absolute Gasteiger partial charge is 0.0590 e. The van der Waals surface area contributed by atoms with E-state index in [1.54, 1.807) is 7.11 Å². The van der Waals surface area contributed by atoms with Gasteiger partial charge >= 0.3 is 0 Å². The number of hydrogen-bond acceptors (Lipinski definition) is 4. The minimum atomic E-state index is 0.150. The molecule has 1 heterocycles. The molecule has 0 amide bonds. The van der Waals surface area contributed by atoms with Gasteiger partial charge in [-0.15, -0.1) is 0 Å². The second kappa shape index (κ2) is 9.09. The Hall–Kier alpha value is -0.160. The highest BCUT2D eigenvalue weighted by Gasteiger charge is 2.39. The fraction of sp³-hybridized carbons (Fsp3) is 1.00. The molecule has 2 unspecified atom stereocenters. The summed E-state index contributed by atoms with van der Waals surface area (Å²) in [5, 5.41) is 0. The van der Waals surface area contributed by atoms with Gasteiger partial charge in [-0.2, -0.15) is 0 Å². The summed E-state index contributed by atoms with van der Waals surface area (Å²) < 4.78 is 5.35. The second-order valence-electron chi connectivity index (χ2n) is 6.86. The summed E-state index contributed by atoms with van der Waals surface area (Å²) in [4.78, 5) is 5.24. The first-order valence-electron chi connectivity index (χ1n) is 8.70. The van der Waals surface area contributed by atoms with Gasteiger partial charge in [0.15, 0.2) is 0 Å². The van der Waals surface area contributed by atoms with E-state index in [-0.39, 0.29) is 5.54 Å². The molecule has 4 nitrogen and oxygen atoms in total. The van der Waals surface area contributed by atoms with E-state index in [1.165, 1.54) is 32.2 Å². The lowest BCUT2D eigenvalue weighted by Gasteiger charge is -2.46. The van der Waals surface area contributed by atoms with Crippen molar-refractivity contribution in [2.45, 2.75) is 71.0 Å². The number of ether oxygens (including phenoxy) is 1. The number of hydrogen-bond donors (Lipinski definition) is 1. The molecule has 0 spiro atoms. The molecule has 0 radical (unpaired) electrons. The molecule has 21 heavy (non-hydrogen) atoms. The zero-order valence-corrected chi connectivity index (χ0v) is 14.9. The highest BCUT2D eigenvalue weighted by Crippen LogP contribution is 2.31. The molecule has 126 valence electrons. The minimum absolute atomic E-state index is 0.150. The van der Waals surface area contributed by atoms with Crippen molar-refractivity contribution in [3.63, 3.8) is 0 Å². The Bertz CT molecular complexity index is 285. The maximum Gasteiger partial charge on any atom is 0.0590 e. The van der Waals surface area contributed by atoms with Crippen LogP contribution in [0.15, 0.2) is 0 Å². The van der Waals surface area contributed by atoms with Crippen LogP contribution in [0.3, 0.4) is 0 Å². The maximum absolute atomic E-state index is 6.29. The number of rotatable bonds is 8. The summed E-state index contributed by atoms with van der Waals surface area (Å²) >= 11 is 0. The van der Waals surface area contributed by atoms with Gasteiger partial charge in [0.2, 0.25) is 0 Å². The monoisotopic (exact) mass is 299 g/mol. The third kappa shape index (κ3) is 4.92. The first-order valence-corrected chi connectivity index (χ1v) is 8.70. The number of likely N-dealkylation sites (tertiary alicyclic amines) is 1. The number of nitrogens with two attached hydrogens (primary N) is 1. The Morgan fingerprint density at radius 1 is 1.24 bits per heavy atom. The Labute approximate surface area is 132 Å². The molecule has 1 rings (SSSR count).